The van der Waals surface area contributed by atoms with Crippen molar-refractivity contribution in [2.75, 3.05) is 12.0 Å². The summed E-state index contributed by atoms with van der Waals surface area (Å²) in [5, 5.41) is 10.0. The van der Waals surface area contributed by atoms with Crippen LogP contribution >= 0.6 is 0 Å². The lowest BCUT2D eigenvalue weighted by atomic mass is 9.98. The van der Waals surface area contributed by atoms with E-state index in [1.807, 2.05) is 0 Å². The lowest BCUT2D eigenvalue weighted by Crippen LogP contribution is -2.15. The highest BCUT2D eigenvalue weighted by Gasteiger charge is 2.19. The van der Waals surface area contributed by atoms with Crippen molar-refractivity contribution in [3.8, 4) is 0 Å². The minimum atomic E-state index is 0.931. The molecule has 0 amide bonds. The molecule has 53 heavy (non-hydrogen) atoms. The second kappa shape index (κ2) is 14.5. The van der Waals surface area contributed by atoms with Crippen molar-refractivity contribution < 1.29 is 0 Å². The summed E-state index contributed by atoms with van der Waals surface area (Å²) in [5.74, 6) is 0. The SMILES string of the molecule is CCCCCCCCNn1c2cc3c(cc2c2cc(/C=C/c4ccccc4)c4ccccc4c21)[nH]c1c2ccccc2c(/C=C/c2ccccc2)cc31. The Labute approximate surface area is 311 Å². The summed E-state index contributed by atoms with van der Waals surface area (Å²) < 4.78 is 2.40. The van der Waals surface area contributed by atoms with Gasteiger partial charge in [0.15, 0.2) is 0 Å². The largest absolute Gasteiger partial charge is 0.354 e. The summed E-state index contributed by atoms with van der Waals surface area (Å²) in [4.78, 5) is 3.90. The van der Waals surface area contributed by atoms with E-state index in [9.17, 15) is 0 Å². The van der Waals surface area contributed by atoms with E-state index in [2.05, 4.69) is 180 Å². The van der Waals surface area contributed by atoms with Gasteiger partial charge in [0.25, 0.3) is 0 Å². The van der Waals surface area contributed by atoms with Crippen molar-refractivity contribution >= 4 is 89.5 Å². The zero-order valence-corrected chi connectivity index (χ0v) is 30.4. The molecule has 7 aromatic carbocycles. The van der Waals surface area contributed by atoms with Crippen molar-refractivity contribution in [1.82, 2.24) is 9.66 Å². The van der Waals surface area contributed by atoms with Crippen LogP contribution in [0.25, 0.3) is 89.5 Å². The van der Waals surface area contributed by atoms with Crippen LogP contribution in [-0.2, 0) is 0 Å². The van der Waals surface area contributed by atoms with Crippen LogP contribution in [0.2, 0.25) is 0 Å². The maximum Gasteiger partial charge on any atom is 0.0784 e. The summed E-state index contributed by atoms with van der Waals surface area (Å²) in [6.07, 6.45) is 16.6. The molecule has 0 radical (unpaired) electrons. The number of hydrogen-bond acceptors (Lipinski definition) is 1. The Kier molecular flexibility index (Phi) is 8.99. The molecule has 0 atom stereocenters. The summed E-state index contributed by atoms with van der Waals surface area (Å²) in [6, 6.07) is 48.4. The Morgan fingerprint density at radius 1 is 0.491 bits per heavy atom. The fourth-order valence-corrected chi connectivity index (χ4v) is 8.19. The number of aromatic amines is 1. The average molecular weight is 688 g/mol. The van der Waals surface area contributed by atoms with E-state index >= 15 is 0 Å². The van der Waals surface area contributed by atoms with Crippen molar-refractivity contribution in [2.45, 2.75) is 45.4 Å². The van der Waals surface area contributed by atoms with Crippen molar-refractivity contribution in [1.29, 1.82) is 0 Å². The number of nitrogens with zero attached hydrogens (tertiary/aromatic N) is 1. The fraction of sp³-hybridized carbons (Fsp3) is 0.160. The van der Waals surface area contributed by atoms with E-state index < -0.39 is 0 Å². The van der Waals surface area contributed by atoms with Gasteiger partial charge in [0.2, 0.25) is 0 Å². The molecule has 260 valence electrons. The third kappa shape index (κ3) is 6.27. The molecule has 0 aliphatic carbocycles. The average Bonchev–Trinajstić information content (AvgIpc) is 3.73. The molecule has 0 saturated carbocycles. The van der Waals surface area contributed by atoms with Gasteiger partial charge in [0.1, 0.15) is 0 Å². The summed E-state index contributed by atoms with van der Waals surface area (Å²) in [6.45, 7) is 3.21. The van der Waals surface area contributed by atoms with E-state index in [4.69, 9.17) is 0 Å². The lowest BCUT2D eigenvalue weighted by Gasteiger charge is -2.13. The molecule has 9 rings (SSSR count). The molecular formula is C50H45N3. The number of benzene rings is 7. The summed E-state index contributed by atoms with van der Waals surface area (Å²) >= 11 is 0. The minimum absolute atomic E-state index is 0.931. The van der Waals surface area contributed by atoms with Crippen molar-refractivity contribution in [2.24, 2.45) is 0 Å². The second-order valence-corrected chi connectivity index (χ2v) is 14.4. The van der Waals surface area contributed by atoms with Gasteiger partial charge in [0.05, 0.1) is 16.6 Å². The Morgan fingerprint density at radius 3 is 1.74 bits per heavy atom. The topological polar surface area (TPSA) is 32.8 Å². The number of H-pyrrole nitrogens is 1. The van der Waals surface area contributed by atoms with E-state index in [1.54, 1.807) is 0 Å². The van der Waals surface area contributed by atoms with E-state index in [-0.39, 0.29) is 0 Å². The summed E-state index contributed by atoms with van der Waals surface area (Å²) in [5.41, 5.74) is 13.6. The Bertz CT molecular complexity index is 2780. The highest BCUT2D eigenvalue weighted by atomic mass is 15.4. The van der Waals surface area contributed by atoms with Gasteiger partial charge in [-0.2, -0.15) is 0 Å². The van der Waals surface area contributed by atoms with Crippen molar-refractivity contribution in [3.05, 3.63) is 156 Å². The van der Waals surface area contributed by atoms with E-state index in [0.29, 0.717) is 0 Å². The number of rotatable bonds is 12. The maximum atomic E-state index is 3.93. The van der Waals surface area contributed by atoms with Gasteiger partial charge in [-0.05, 0) is 63.7 Å². The van der Waals surface area contributed by atoms with Crippen LogP contribution in [0, 0.1) is 0 Å². The third-order valence-corrected chi connectivity index (χ3v) is 10.9. The highest BCUT2D eigenvalue weighted by molar-refractivity contribution is 6.25. The molecule has 0 aliphatic heterocycles. The highest BCUT2D eigenvalue weighted by Crippen LogP contribution is 2.41. The number of fused-ring (bicyclic) bond motifs is 10. The molecule has 2 aromatic heterocycles. The van der Waals surface area contributed by atoms with Gasteiger partial charge >= 0.3 is 0 Å². The molecular weight excluding hydrogens is 643 g/mol. The van der Waals surface area contributed by atoms with Crippen LogP contribution in [0.1, 0.15) is 67.7 Å². The molecule has 0 aliphatic rings. The van der Waals surface area contributed by atoms with Crippen LogP contribution < -0.4 is 5.43 Å². The first-order valence-corrected chi connectivity index (χ1v) is 19.3. The van der Waals surface area contributed by atoms with Gasteiger partial charge < -0.3 is 10.4 Å². The molecule has 0 bridgehead atoms. The summed E-state index contributed by atoms with van der Waals surface area (Å²) in [7, 11) is 0. The quantitative estimate of drug-likeness (QED) is 0.0972. The van der Waals surface area contributed by atoms with Crippen LogP contribution in [0.5, 0.6) is 0 Å². The number of nitrogens with one attached hydrogen (secondary N) is 2. The van der Waals surface area contributed by atoms with E-state index in [1.165, 1.54) is 114 Å². The first-order valence-electron chi connectivity index (χ1n) is 19.3. The maximum absolute atomic E-state index is 3.93. The zero-order valence-electron chi connectivity index (χ0n) is 30.4. The van der Waals surface area contributed by atoms with Gasteiger partial charge in [-0.15, -0.1) is 0 Å². The van der Waals surface area contributed by atoms with Crippen LogP contribution in [0.4, 0.5) is 0 Å². The van der Waals surface area contributed by atoms with Crippen LogP contribution in [0.3, 0.4) is 0 Å². The molecule has 0 unspecified atom stereocenters. The molecule has 3 nitrogen and oxygen atoms in total. The smallest absolute Gasteiger partial charge is 0.0784 e. The fourth-order valence-electron chi connectivity index (χ4n) is 8.19. The zero-order chi connectivity index (χ0) is 35.6. The lowest BCUT2D eigenvalue weighted by molar-refractivity contribution is 0.610. The van der Waals surface area contributed by atoms with Gasteiger partial charge in [0, 0.05) is 44.4 Å². The first kappa shape index (κ1) is 32.8. The van der Waals surface area contributed by atoms with Crippen molar-refractivity contribution in [3.63, 3.8) is 0 Å². The molecule has 2 heterocycles. The Balaban J connectivity index is 1.25. The van der Waals surface area contributed by atoms with Gasteiger partial charge in [-0.25, -0.2) is 0 Å². The Morgan fingerprint density at radius 2 is 1.06 bits per heavy atom. The number of aromatic nitrogens is 2. The van der Waals surface area contributed by atoms with Crippen LogP contribution in [-0.4, -0.2) is 16.2 Å². The molecule has 0 saturated heterocycles. The normalized spacial score (nSPS) is 12.2. The predicted octanol–water partition coefficient (Wildman–Crippen LogP) is 14.0. The number of hydrogen-bond donors (Lipinski definition) is 2. The molecule has 9 aromatic rings. The Hall–Kier alpha value is -6.06. The standard InChI is InChI=1S/C50H45N3/c1-2-3-4-5-6-17-30-51-53-48-34-43-45-31-37(28-26-35-18-9-7-10-19-35)39-22-13-15-24-41(39)49(45)52-47(43)33-44(48)46-32-38(29-27-36-20-11-8-12-21-36)40-23-14-16-25-42(40)50(46)53/h7-16,18-29,31-34,51-52H,2-6,17,30H2,1H3/b28-26+,29-27+. The van der Waals surface area contributed by atoms with Gasteiger partial charge in [-0.3, -0.25) is 4.68 Å². The van der Waals surface area contributed by atoms with E-state index in [0.717, 1.165) is 18.5 Å². The molecule has 3 heteroatoms. The first-order chi connectivity index (χ1) is 26.3. The van der Waals surface area contributed by atoms with Gasteiger partial charge in [-0.1, -0.05) is 173 Å². The monoisotopic (exact) mass is 687 g/mol. The third-order valence-electron chi connectivity index (χ3n) is 10.9. The van der Waals surface area contributed by atoms with Crippen LogP contribution in [0.15, 0.2) is 133 Å². The predicted molar refractivity (Wildman–Crippen MR) is 232 cm³/mol. The molecule has 0 spiro atoms. The molecule has 2 N–H and O–H groups in total. The number of unbranched alkanes of at least 4 members (excludes halogenated alkanes) is 5. The second-order valence-electron chi connectivity index (χ2n) is 14.4. The minimum Gasteiger partial charge on any atom is -0.354 e. The molecule has 0 fully saturated rings.